The summed E-state index contributed by atoms with van der Waals surface area (Å²) in [5.41, 5.74) is 2.63. The number of aliphatic hydroxyl groups is 1. The SMILES string of the molecule is C=CC(=O)NC1CC(NC(O)C(=N)C2=C(NCc3ccc(F)cc3)C(C)CN(C(=O)c3ccc[nH]3)C2)C1. The van der Waals surface area contributed by atoms with E-state index in [9.17, 15) is 19.1 Å². The summed E-state index contributed by atoms with van der Waals surface area (Å²) in [5.74, 6) is -0.854. The number of carbonyl (C=O) groups excluding carboxylic acids is 2. The van der Waals surface area contributed by atoms with Crippen molar-refractivity contribution in [2.45, 2.75) is 44.6 Å². The molecule has 2 unspecified atom stereocenters. The van der Waals surface area contributed by atoms with Crippen molar-refractivity contribution in [3.05, 3.63) is 83.6 Å². The van der Waals surface area contributed by atoms with Crippen molar-refractivity contribution in [3.63, 3.8) is 0 Å². The van der Waals surface area contributed by atoms with Gasteiger partial charge in [-0.15, -0.1) is 0 Å². The third kappa shape index (κ3) is 6.33. The van der Waals surface area contributed by atoms with Crippen molar-refractivity contribution in [1.82, 2.24) is 25.8 Å². The first-order chi connectivity index (χ1) is 17.7. The molecule has 1 aromatic carbocycles. The van der Waals surface area contributed by atoms with Gasteiger partial charge in [0.15, 0.2) is 0 Å². The fourth-order valence-electron chi connectivity index (χ4n) is 4.76. The highest BCUT2D eigenvalue weighted by Crippen LogP contribution is 2.26. The van der Waals surface area contributed by atoms with Crippen LogP contribution in [-0.2, 0) is 11.3 Å². The lowest BCUT2D eigenvalue weighted by Crippen LogP contribution is -2.56. The summed E-state index contributed by atoms with van der Waals surface area (Å²) in [4.78, 5) is 29.2. The number of benzene rings is 1. The number of aromatic nitrogens is 1. The van der Waals surface area contributed by atoms with Crippen molar-refractivity contribution in [2.75, 3.05) is 13.1 Å². The van der Waals surface area contributed by atoms with Crippen LogP contribution in [0.1, 0.15) is 35.8 Å². The van der Waals surface area contributed by atoms with Crippen molar-refractivity contribution in [3.8, 4) is 0 Å². The van der Waals surface area contributed by atoms with E-state index < -0.39 is 6.23 Å². The molecule has 196 valence electrons. The standard InChI is InChI=1S/C27H33FN6O3/c1-3-23(35)32-19-11-20(12-19)33-26(36)24(29)21-15-34(27(37)22-5-4-10-30-22)14-16(2)25(21)31-13-17-6-8-18(28)9-7-17/h3-10,16,19-20,26,29-31,33,36H,1,11-15H2,2H3,(H,32,35). The molecule has 1 fully saturated rings. The number of halogens is 1. The van der Waals surface area contributed by atoms with Gasteiger partial charge in [-0.05, 0) is 48.7 Å². The van der Waals surface area contributed by atoms with E-state index in [1.54, 1.807) is 35.4 Å². The molecule has 2 amide bonds. The average molecular weight is 509 g/mol. The van der Waals surface area contributed by atoms with Gasteiger partial charge in [-0.1, -0.05) is 25.6 Å². The number of aliphatic hydroxyl groups excluding tert-OH is 1. The van der Waals surface area contributed by atoms with E-state index in [2.05, 4.69) is 27.5 Å². The summed E-state index contributed by atoms with van der Waals surface area (Å²) in [6.45, 7) is 6.43. The van der Waals surface area contributed by atoms with Gasteiger partial charge in [-0.25, -0.2) is 4.39 Å². The molecular formula is C27H33FN6O3. The largest absolute Gasteiger partial charge is 0.384 e. The molecule has 2 aliphatic rings. The number of hydrogen-bond donors (Lipinski definition) is 6. The van der Waals surface area contributed by atoms with Gasteiger partial charge in [0.05, 0.1) is 5.71 Å². The second-order valence-electron chi connectivity index (χ2n) is 9.60. The summed E-state index contributed by atoms with van der Waals surface area (Å²) in [5, 5.41) is 29.0. The van der Waals surface area contributed by atoms with Crippen LogP contribution in [0.4, 0.5) is 4.39 Å². The Bertz CT molecular complexity index is 1170. The van der Waals surface area contributed by atoms with Gasteiger partial charge in [0.2, 0.25) is 5.91 Å². The van der Waals surface area contributed by atoms with Gasteiger partial charge in [0.1, 0.15) is 17.7 Å². The molecule has 1 aromatic heterocycles. The molecule has 0 saturated heterocycles. The normalized spacial score (nSPS) is 22.1. The molecule has 2 heterocycles. The monoisotopic (exact) mass is 508 g/mol. The zero-order chi connectivity index (χ0) is 26.5. The Labute approximate surface area is 215 Å². The van der Waals surface area contributed by atoms with E-state index in [0.29, 0.717) is 37.2 Å². The maximum Gasteiger partial charge on any atom is 0.270 e. The summed E-state index contributed by atoms with van der Waals surface area (Å²) < 4.78 is 13.3. The summed E-state index contributed by atoms with van der Waals surface area (Å²) >= 11 is 0. The molecule has 0 spiro atoms. The Kier molecular flexibility index (Phi) is 8.20. The second-order valence-corrected chi connectivity index (χ2v) is 9.60. The van der Waals surface area contributed by atoms with Gasteiger partial charge in [0.25, 0.3) is 5.91 Å². The van der Waals surface area contributed by atoms with Crippen LogP contribution in [0.2, 0.25) is 0 Å². The highest BCUT2D eigenvalue weighted by atomic mass is 19.1. The van der Waals surface area contributed by atoms with Crippen LogP contribution in [0.15, 0.2) is 66.5 Å². The van der Waals surface area contributed by atoms with Crippen molar-refractivity contribution < 1.29 is 19.1 Å². The molecule has 0 radical (unpaired) electrons. The minimum atomic E-state index is -1.24. The van der Waals surface area contributed by atoms with Gasteiger partial charge < -0.3 is 31.0 Å². The molecule has 2 aromatic rings. The quantitative estimate of drug-likeness (QED) is 0.166. The molecule has 9 nitrogen and oxygen atoms in total. The molecule has 10 heteroatoms. The summed E-state index contributed by atoms with van der Waals surface area (Å²) in [7, 11) is 0. The van der Waals surface area contributed by atoms with E-state index in [1.165, 1.54) is 18.2 Å². The predicted octanol–water partition coefficient (Wildman–Crippen LogP) is 2.05. The third-order valence-electron chi connectivity index (χ3n) is 6.83. The molecule has 0 bridgehead atoms. The third-order valence-corrected chi connectivity index (χ3v) is 6.83. The Hall–Kier alpha value is -3.76. The van der Waals surface area contributed by atoms with Crippen LogP contribution in [0, 0.1) is 17.1 Å². The number of hydrogen-bond acceptors (Lipinski definition) is 6. The number of nitrogens with one attached hydrogen (secondary N) is 5. The van der Waals surface area contributed by atoms with Crippen molar-refractivity contribution in [1.29, 1.82) is 5.41 Å². The van der Waals surface area contributed by atoms with Gasteiger partial charge in [-0.3, -0.25) is 14.9 Å². The van der Waals surface area contributed by atoms with Crippen LogP contribution in [0.25, 0.3) is 0 Å². The molecule has 1 aliphatic heterocycles. The molecule has 1 aliphatic carbocycles. The van der Waals surface area contributed by atoms with Crippen LogP contribution < -0.4 is 16.0 Å². The van der Waals surface area contributed by atoms with E-state index in [-0.39, 0.29) is 47.9 Å². The van der Waals surface area contributed by atoms with E-state index in [0.717, 1.165) is 11.3 Å². The fraction of sp³-hybridized carbons (Fsp3) is 0.370. The van der Waals surface area contributed by atoms with E-state index in [1.807, 2.05) is 6.92 Å². The van der Waals surface area contributed by atoms with E-state index >= 15 is 0 Å². The van der Waals surface area contributed by atoms with Crippen molar-refractivity contribution in [2.24, 2.45) is 5.92 Å². The lowest BCUT2D eigenvalue weighted by molar-refractivity contribution is -0.117. The maximum absolute atomic E-state index is 13.3. The number of H-pyrrole nitrogens is 1. The molecule has 1 saturated carbocycles. The van der Waals surface area contributed by atoms with Crippen LogP contribution in [-0.4, -0.2) is 63.9 Å². The maximum atomic E-state index is 13.3. The first kappa shape index (κ1) is 26.3. The summed E-state index contributed by atoms with van der Waals surface area (Å²) in [6, 6.07) is 9.58. The Morgan fingerprint density at radius 3 is 2.65 bits per heavy atom. The first-order valence-corrected chi connectivity index (χ1v) is 12.3. The Morgan fingerprint density at radius 2 is 2.00 bits per heavy atom. The molecule has 4 rings (SSSR count). The van der Waals surface area contributed by atoms with Gasteiger partial charge in [0, 0.05) is 55.1 Å². The number of rotatable bonds is 10. The van der Waals surface area contributed by atoms with Crippen LogP contribution in [0.5, 0.6) is 0 Å². The summed E-state index contributed by atoms with van der Waals surface area (Å²) in [6.07, 6.45) is 2.93. The first-order valence-electron chi connectivity index (χ1n) is 12.3. The topological polar surface area (TPSA) is 133 Å². The highest BCUT2D eigenvalue weighted by molar-refractivity contribution is 6.03. The number of carbonyl (C=O) groups is 2. The fourth-order valence-corrected chi connectivity index (χ4v) is 4.76. The van der Waals surface area contributed by atoms with Gasteiger partial charge >= 0.3 is 0 Å². The molecule has 2 atom stereocenters. The zero-order valence-electron chi connectivity index (χ0n) is 20.8. The molecular weight excluding hydrogens is 475 g/mol. The second kappa shape index (κ2) is 11.5. The minimum Gasteiger partial charge on any atom is -0.384 e. The average Bonchev–Trinajstić information content (AvgIpc) is 3.41. The lowest BCUT2D eigenvalue weighted by atomic mass is 9.86. The predicted molar refractivity (Wildman–Crippen MR) is 138 cm³/mol. The van der Waals surface area contributed by atoms with Crippen LogP contribution in [0.3, 0.4) is 0 Å². The van der Waals surface area contributed by atoms with Gasteiger partial charge in [-0.2, -0.15) is 0 Å². The minimum absolute atomic E-state index is 0.000137. The molecule has 37 heavy (non-hydrogen) atoms. The number of aromatic amines is 1. The number of nitrogens with zero attached hydrogens (tertiary/aromatic N) is 1. The smallest absolute Gasteiger partial charge is 0.270 e. The van der Waals surface area contributed by atoms with E-state index in [4.69, 9.17) is 5.41 Å². The van der Waals surface area contributed by atoms with Crippen molar-refractivity contribution >= 4 is 17.5 Å². The highest BCUT2D eigenvalue weighted by Gasteiger charge is 2.35. The number of amides is 2. The lowest BCUT2D eigenvalue weighted by Gasteiger charge is -2.39. The zero-order valence-corrected chi connectivity index (χ0v) is 20.8. The molecule has 6 N–H and O–H groups in total. The Balaban J connectivity index is 1.49. The van der Waals surface area contributed by atoms with Crippen LogP contribution >= 0.6 is 0 Å². The Morgan fingerprint density at radius 1 is 1.27 bits per heavy atom.